The summed E-state index contributed by atoms with van der Waals surface area (Å²) in [5, 5.41) is 3.23. The van der Waals surface area contributed by atoms with Crippen LogP contribution in [0.2, 0.25) is 0 Å². The van der Waals surface area contributed by atoms with Gasteiger partial charge in [0.1, 0.15) is 5.82 Å². The SMILES string of the molecule is CCNCc1ccc(N2CCN(CC3CC3)CC2)c(F)c1. The normalized spacial score (nSPS) is 20.0. The predicted molar refractivity (Wildman–Crippen MR) is 85.2 cm³/mol. The number of nitrogens with one attached hydrogen (secondary N) is 1. The van der Waals surface area contributed by atoms with Crippen LogP contribution in [0.15, 0.2) is 18.2 Å². The first-order chi connectivity index (χ1) is 10.3. The molecule has 2 aliphatic rings. The van der Waals surface area contributed by atoms with Crippen LogP contribution >= 0.6 is 0 Å². The van der Waals surface area contributed by atoms with Crippen LogP contribution in [-0.4, -0.2) is 44.2 Å². The van der Waals surface area contributed by atoms with Crippen molar-refractivity contribution >= 4 is 5.69 Å². The summed E-state index contributed by atoms with van der Waals surface area (Å²) in [7, 11) is 0. The number of nitrogens with zero attached hydrogens (tertiary/aromatic N) is 2. The summed E-state index contributed by atoms with van der Waals surface area (Å²) in [5.74, 6) is 0.861. The lowest BCUT2D eigenvalue weighted by molar-refractivity contribution is 0.247. The van der Waals surface area contributed by atoms with Crippen LogP contribution in [0, 0.1) is 11.7 Å². The van der Waals surface area contributed by atoms with Crippen molar-refractivity contribution in [3.05, 3.63) is 29.6 Å². The zero-order chi connectivity index (χ0) is 14.7. The molecule has 0 atom stereocenters. The largest absolute Gasteiger partial charge is 0.367 e. The van der Waals surface area contributed by atoms with E-state index in [0.29, 0.717) is 0 Å². The van der Waals surface area contributed by atoms with Gasteiger partial charge in [-0.3, -0.25) is 4.90 Å². The Balaban J connectivity index is 1.56. The highest BCUT2D eigenvalue weighted by Gasteiger charge is 2.26. The van der Waals surface area contributed by atoms with Crippen molar-refractivity contribution in [2.45, 2.75) is 26.3 Å². The van der Waals surface area contributed by atoms with Gasteiger partial charge in [-0.1, -0.05) is 13.0 Å². The van der Waals surface area contributed by atoms with Gasteiger partial charge in [-0.05, 0) is 43.0 Å². The lowest BCUT2D eigenvalue weighted by atomic mass is 10.1. The van der Waals surface area contributed by atoms with Crippen molar-refractivity contribution in [1.29, 1.82) is 0 Å². The quantitative estimate of drug-likeness (QED) is 0.868. The van der Waals surface area contributed by atoms with Gasteiger partial charge in [0, 0.05) is 39.3 Å². The van der Waals surface area contributed by atoms with Crippen LogP contribution < -0.4 is 10.2 Å². The van der Waals surface area contributed by atoms with E-state index in [2.05, 4.69) is 22.0 Å². The smallest absolute Gasteiger partial charge is 0.146 e. The fraction of sp³-hybridized carbons (Fsp3) is 0.647. The summed E-state index contributed by atoms with van der Waals surface area (Å²) >= 11 is 0. The molecule has 116 valence electrons. The minimum Gasteiger partial charge on any atom is -0.367 e. The van der Waals surface area contributed by atoms with Gasteiger partial charge in [-0.25, -0.2) is 4.39 Å². The van der Waals surface area contributed by atoms with Crippen molar-refractivity contribution < 1.29 is 4.39 Å². The zero-order valence-corrected chi connectivity index (χ0v) is 12.9. The van der Waals surface area contributed by atoms with E-state index in [4.69, 9.17) is 0 Å². The molecule has 2 fully saturated rings. The number of anilines is 1. The van der Waals surface area contributed by atoms with Crippen LogP contribution in [0.3, 0.4) is 0 Å². The van der Waals surface area contributed by atoms with Crippen molar-refractivity contribution in [1.82, 2.24) is 10.2 Å². The first-order valence-electron chi connectivity index (χ1n) is 8.22. The van der Waals surface area contributed by atoms with E-state index in [1.165, 1.54) is 19.4 Å². The van der Waals surface area contributed by atoms with E-state index < -0.39 is 0 Å². The lowest BCUT2D eigenvalue weighted by Gasteiger charge is -2.36. The molecule has 1 N–H and O–H groups in total. The number of benzene rings is 1. The minimum atomic E-state index is -0.0824. The third kappa shape index (κ3) is 3.95. The first kappa shape index (κ1) is 14.8. The van der Waals surface area contributed by atoms with Gasteiger partial charge >= 0.3 is 0 Å². The molecular weight excluding hydrogens is 265 g/mol. The fourth-order valence-electron chi connectivity index (χ4n) is 3.02. The number of halogens is 1. The van der Waals surface area contributed by atoms with Gasteiger partial charge in [-0.15, -0.1) is 0 Å². The molecule has 3 rings (SSSR count). The maximum atomic E-state index is 14.3. The van der Waals surface area contributed by atoms with Crippen LogP contribution in [0.4, 0.5) is 10.1 Å². The van der Waals surface area contributed by atoms with Gasteiger partial charge in [0.05, 0.1) is 5.69 Å². The average molecular weight is 291 g/mol. The van der Waals surface area contributed by atoms with Gasteiger partial charge in [0.2, 0.25) is 0 Å². The Morgan fingerprint density at radius 3 is 2.57 bits per heavy atom. The number of hydrogen-bond acceptors (Lipinski definition) is 3. The molecule has 1 heterocycles. The predicted octanol–water partition coefficient (Wildman–Crippen LogP) is 2.47. The highest BCUT2D eigenvalue weighted by atomic mass is 19.1. The molecule has 0 spiro atoms. The maximum absolute atomic E-state index is 14.3. The molecule has 3 nitrogen and oxygen atoms in total. The van der Waals surface area contributed by atoms with E-state index in [1.54, 1.807) is 6.07 Å². The van der Waals surface area contributed by atoms with Gasteiger partial charge in [-0.2, -0.15) is 0 Å². The Morgan fingerprint density at radius 1 is 1.19 bits per heavy atom. The van der Waals surface area contributed by atoms with E-state index in [0.717, 1.165) is 56.4 Å². The summed E-state index contributed by atoms with van der Waals surface area (Å²) in [6.07, 6.45) is 2.81. The van der Waals surface area contributed by atoms with Crippen LogP contribution in [-0.2, 0) is 6.54 Å². The molecular formula is C17H26FN3. The molecule has 1 saturated carbocycles. The first-order valence-corrected chi connectivity index (χ1v) is 8.22. The summed E-state index contributed by atoms with van der Waals surface area (Å²) in [6.45, 7) is 8.97. The summed E-state index contributed by atoms with van der Waals surface area (Å²) in [5.41, 5.74) is 1.78. The van der Waals surface area contributed by atoms with E-state index in [9.17, 15) is 4.39 Å². The summed E-state index contributed by atoms with van der Waals surface area (Å²) in [6, 6.07) is 5.66. The monoisotopic (exact) mass is 291 g/mol. The van der Waals surface area contributed by atoms with Gasteiger partial charge < -0.3 is 10.2 Å². The lowest BCUT2D eigenvalue weighted by Crippen LogP contribution is -2.47. The molecule has 0 unspecified atom stereocenters. The molecule has 1 aromatic rings. The number of piperazine rings is 1. The van der Waals surface area contributed by atoms with Crippen molar-refractivity contribution in [3.8, 4) is 0 Å². The standard InChI is InChI=1S/C17H26FN3/c1-2-19-12-15-5-6-17(16(18)11-15)21-9-7-20(8-10-21)13-14-3-4-14/h5-6,11,14,19H,2-4,7-10,12-13H2,1H3. The third-order valence-electron chi connectivity index (χ3n) is 4.52. The second kappa shape index (κ2) is 6.75. The van der Waals surface area contributed by atoms with Gasteiger partial charge in [0.25, 0.3) is 0 Å². The van der Waals surface area contributed by atoms with Crippen molar-refractivity contribution in [3.63, 3.8) is 0 Å². The third-order valence-corrected chi connectivity index (χ3v) is 4.52. The molecule has 4 heteroatoms. The summed E-state index contributed by atoms with van der Waals surface area (Å²) in [4.78, 5) is 4.72. The minimum absolute atomic E-state index is 0.0824. The molecule has 1 saturated heterocycles. The van der Waals surface area contributed by atoms with E-state index in [-0.39, 0.29) is 5.82 Å². The molecule has 0 bridgehead atoms. The Labute approximate surface area is 127 Å². The Hall–Kier alpha value is -1.13. The van der Waals surface area contributed by atoms with Crippen molar-refractivity contribution in [2.75, 3.05) is 44.2 Å². The maximum Gasteiger partial charge on any atom is 0.146 e. The molecule has 1 aromatic carbocycles. The number of hydrogen-bond donors (Lipinski definition) is 1. The highest BCUT2D eigenvalue weighted by molar-refractivity contribution is 5.49. The number of rotatable bonds is 6. The molecule has 21 heavy (non-hydrogen) atoms. The Bertz CT molecular complexity index is 465. The Kier molecular flexibility index (Phi) is 4.76. The molecule has 0 radical (unpaired) electrons. The zero-order valence-electron chi connectivity index (χ0n) is 12.9. The van der Waals surface area contributed by atoms with Crippen LogP contribution in [0.1, 0.15) is 25.3 Å². The highest BCUT2D eigenvalue weighted by Crippen LogP contribution is 2.30. The summed E-state index contributed by atoms with van der Waals surface area (Å²) < 4.78 is 14.3. The molecule has 1 aliphatic heterocycles. The Morgan fingerprint density at radius 2 is 1.95 bits per heavy atom. The second-order valence-corrected chi connectivity index (χ2v) is 6.30. The molecule has 0 amide bonds. The molecule has 1 aliphatic carbocycles. The second-order valence-electron chi connectivity index (χ2n) is 6.30. The van der Waals surface area contributed by atoms with E-state index in [1.807, 2.05) is 12.1 Å². The van der Waals surface area contributed by atoms with Crippen molar-refractivity contribution in [2.24, 2.45) is 5.92 Å². The van der Waals surface area contributed by atoms with Crippen LogP contribution in [0.5, 0.6) is 0 Å². The van der Waals surface area contributed by atoms with Crippen LogP contribution in [0.25, 0.3) is 0 Å². The average Bonchev–Trinajstić information content (AvgIpc) is 3.30. The van der Waals surface area contributed by atoms with Gasteiger partial charge in [0.15, 0.2) is 0 Å². The van der Waals surface area contributed by atoms with E-state index >= 15 is 0 Å². The fourth-order valence-corrected chi connectivity index (χ4v) is 3.02. The molecule has 0 aromatic heterocycles. The topological polar surface area (TPSA) is 18.5 Å².